The number of thiophene rings is 1. The van der Waals surface area contributed by atoms with Crippen molar-refractivity contribution in [2.45, 2.75) is 69.7 Å². The largest absolute Gasteiger partial charge is 0.303 e. The summed E-state index contributed by atoms with van der Waals surface area (Å²) in [6.07, 6.45) is 8.89. The zero-order chi connectivity index (χ0) is 25.2. The van der Waals surface area contributed by atoms with Crippen LogP contribution in [0, 0.1) is 5.92 Å². The molecular formula is C31H40N2OS2. The van der Waals surface area contributed by atoms with Crippen molar-refractivity contribution in [2.24, 2.45) is 5.92 Å². The number of hydrogen-bond donors (Lipinski definition) is 0. The molecule has 4 rings (SSSR count). The van der Waals surface area contributed by atoms with Crippen LogP contribution < -0.4 is 0 Å². The Hall–Kier alpha value is -1.95. The summed E-state index contributed by atoms with van der Waals surface area (Å²) >= 11 is 3.26. The predicted molar refractivity (Wildman–Crippen MR) is 155 cm³/mol. The first-order valence-electron chi connectivity index (χ1n) is 13.6. The number of piperidine rings is 1. The Morgan fingerprint density at radius 1 is 1.00 bits per heavy atom. The normalized spacial score (nSPS) is 15.0. The summed E-state index contributed by atoms with van der Waals surface area (Å²) in [4.78, 5) is 21.3. The summed E-state index contributed by atoms with van der Waals surface area (Å²) in [6.45, 7) is 8.06. The number of unbranched alkanes of at least 4 members (excludes halogenated alkanes) is 3. The smallest absolute Gasteiger partial charge is 0.205 e. The number of rotatable bonds is 13. The third-order valence-corrected chi connectivity index (χ3v) is 9.09. The number of pyridine rings is 1. The molecule has 3 nitrogen and oxygen atoms in total. The van der Waals surface area contributed by atoms with E-state index in [1.165, 1.54) is 81.5 Å². The summed E-state index contributed by atoms with van der Waals surface area (Å²) in [6, 6.07) is 18.8. The van der Waals surface area contributed by atoms with Crippen molar-refractivity contribution in [2.75, 3.05) is 25.4 Å². The fourth-order valence-electron chi connectivity index (χ4n) is 4.92. The fraction of sp³-hybridized carbons (Fsp3) is 0.484. The Balaban J connectivity index is 1.14. The summed E-state index contributed by atoms with van der Waals surface area (Å²) in [5.74, 6) is 2.33. The lowest BCUT2D eigenvalue weighted by Gasteiger charge is -2.32. The van der Waals surface area contributed by atoms with Gasteiger partial charge in [0.15, 0.2) is 0 Å². The molecule has 5 heteroatoms. The summed E-state index contributed by atoms with van der Waals surface area (Å²) in [5, 5.41) is 2.86. The number of thioether (sulfide) groups is 1. The highest BCUT2D eigenvalue weighted by Gasteiger charge is 2.19. The van der Waals surface area contributed by atoms with Gasteiger partial charge in [0, 0.05) is 5.69 Å². The van der Waals surface area contributed by atoms with E-state index in [1.807, 2.05) is 29.6 Å². The maximum atomic E-state index is 13.0. The van der Waals surface area contributed by atoms with Crippen LogP contribution in [0.2, 0.25) is 0 Å². The Labute approximate surface area is 225 Å². The van der Waals surface area contributed by atoms with Crippen LogP contribution in [-0.4, -0.2) is 41.1 Å². The van der Waals surface area contributed by atoms with Gasteiger partial charge in [-0.1, -0.05) is 63.1 Å². The lowest BCUT2D eigenvalue weighted by atomic mass is 9.90. The number of ketones is 1. The van der Waals surface area contributed by atoms with Gasteiger partial charge in [-0.15, -0.1) is 23.1 Å². The van der Waals surface area contributed by atoms with Crippen LogP contribution in [0.3, 0.4) is 0 Å². The molecule has 1 saturated heterocycles. The van der Waals surface area contributed by atoms with E-state index in [2.05, 4.69) is 49.1 Å². The number of hydrogen-bond acceptors (Lipinski definition) is 5. The third kappa shape index (κ3) is 8.03. The number of benzene rings is 1. The van der Waals surface area contributed by atoms with Gasteiger partial charge in [0.25, 0.3) is 0 Å². The van der Waals surface area contributed by atoms with Crippen LogP contribution in [0.25, 0.3) is 0 Å². The van der Waals surface area contributed by atoms with Crippen molar-refractivity contribution in [1.82, 2.24) is 9.88 Å². The molecule has 2 aromatic heterocycles. The minimum atomic E-state index is 0.0999. The molecule has 0 radical (unpaired) electrons. The first-order valence-corrected chi connectivity index (χ1v) is 15.4. The number of aromatic nitrogens is 1. The van der Waals surface area contributed by atoms with E-state index in [1.54, 1.807) is 11.8 Å². The van der Waals surface area contributed by atoms with Gasteiger partial charge in [0.2, 0.25) is 5.78 Å². The maximum Gasteiger partial charge on any atom is 0.205 e. The quantitative estimate of drug-likeness (QED) is 0.129. The lowest BCUT2D eigenvalue weighted by molar-refractivity contribution is 0.103. The van der Waals surface area contributed by atoms with Gasteiger partial charge in [-0.05, 0) is 98.5 Å². The van der Waals surface area contributed by atoms with Crippen molar-refractivity contribution in [3.05, 3.63) is 81.7 Å². The molecule has 192 valence electrons. The summed E-state index contributed by atoms with van der Waals surface area (Å²) in [7, 11) is 0. The van der Waals surface area contributed by atoms with Gasteiger partial charge < -0.3 is 4.90 Å². The SMILES string of the molecule is CC(C)c1ccc(C(=O)c2cccs2)c(SCCCCCCN2CCC(Cc3ccccc3)CC2)n1. The summed E-state index contributed by atoms with van der Waals surface area (Å²) in [5.41, 5.74) is 3.30. The van der Waals surface area contributed by atoms with E-state index in [0.717, 1.165) is 32.8 Å². The molecule has 0 N–H and O–H groups in total. The summed E-state index contributed by atoms with van der Waals surface area (Å²) < 4.78 is 0. The second-order valence-corrected chi connectivity index (χ2v) is 12.3. The van der Waals surface area contributed by atoms with Crippen molar-refractivity contribution >= 4 is 28.9 Å². The first kappa shape index (κ1) is 27.1. The molecule has 3 heterocycles. The highest BCUT2D eigenvalue weighted by atomic mass is 32.2. The van der Waals surface area contributed by atoms with E-state index in [0.29, 0.717) is 5.92 Å². The van der Waals surface area contributed by atoms with Crippen LogP contribution in [0.1, 0.15) is 84.8 Å². The van der Waals surface area contributed by atoms with Gasteiger partial charge in [-0.2, -0.15) is 0 Å². The number of carbonyl (C=O) groups excluding carboxylic acids is 1. The lowest BCUT2D eigenvalue weighted by Crippen LogP contribution is -2.35. The molecule has 0 unspecified atom stereocenters. The highest BCUT2D eigenvalue weighted by Crippen LogP contribution is 2.28. The Morgan fingerprint density at radius 2 is 1.78 bits per heavy atom. The minimum Gasteiger partial charge on any atom is -0.303 e. The zero-order valence-electron chi connectivity index (χ0n) is 21.8. The van der Waals surface area contributed by atoms with Crippen LogP contribution >= 0.6 is 23.1 Å². The second kappa shape index (κ2) is 14.1. The van der Waals surface area contributed by atoms with Crippen LogP contribution in [0.5, 0.6) is 0 Å². The molecule has 0 amide bonds. The van der Waals surface area contributed by atoms with E-state index >= 15 is 0 Å². The van der Waals surface area contributed by atoms with E-state index in [9.17, 15) is 4.79 Å². The molecule has 0 spiro atoms. The monoisotopic (exact) mass is 520 g/mol. The van der Waals surface area contributed by atoms with Gasteiger partial charge in [0.1, 0.15) is 5.03 Å². The Kier molecular flexibility index (Phi) is 10.6. The number of likely N-dealkylation sites (tertiary alicyclic amines) is 1. The fourth-order valence-corrected chi connectivity index (χ4v) is 6.63. The highest BCUT2D eigenvalue weighted by molar-refractivity contribution is 7.99. The Bertz CT molecular complexity index is 1060. The molecule has 0 saturated carbocycles. The molecule has 0 atom stereocenters. The van der Waals surface area contributed by atoms with Gasteiger partial charge in [-0.3, -0.25) is 4.79 Å². The molecule has 1 fully saturated rings. The predicted octanol–water partition coefficient (Wildman–Crippen LogP) is 8.10. The standard InChI is InChI=1S/C31H40N2OS2/c1-24(2)28-15-14-27(30(34)29-13-10-22-35-29)31(32-28)36-21-9-4-3-8-18-33-19-16-26(17-20-33)23-25-11-6-5-7-12-25/h5-7,10-15,22,24,26H,3-4,8-9,16-21,23H2,1-2H3. The van der Waals surface area contributed by atoms with E-state index in [-0.39, 0.29) is 5.78 Å². The second-order valence-electron chi connectivity index (χ2n) is 10.3. The van der Waals surface area contributed by atoms with Crippen LogP contribution in [0.4, 0.5) is 0 Å². The van der Waals surface area contributed by atoms with Crippen LogP contribution in [0.15, 0.2) is 65.0 Å². The first-order chi connectivity index (χ1) is 17.6. The molecular weight excluding hydrogens is 480 g/mol. The van der Waals surface area contributed by atoms with Crippen molar-refractivity contribution < 1.29 is 4.79 Å². The molecule has 3 aromatic rings. The van der Waals surface area contributed by atoms with Crippen molar-refractivity contribution in [3.8, 4) is 0 Å². The molecule has 1 aliphatic rings. The molecule has 0 aliphatic carbocycles. The van der Waals surface area contributed by atoms with Gasteiger partial charge in [-0.25, -0.2) is 4.98 Å². The average molecular weight is 521 g/mol. The van der Waals surface area contributed by atoms with Crippen molar-refractivity contribution in [1.29, 1.82) is 0 Å². The third-order valence-electron chi connectivity index (χ3n) is 7.14. The van der Waals surface area contributed by atoms with Crippen LogP contribution in [-0.2, 0) is 6.42 Å². The number of carbonyl (C=O) groups is 1. The average Bonchev–Trinajstić information content (AvgIpc) is 3.44. The molecule has 1 aliphatic heterocycles. The van der Waals surface area contributed by atoms with E-state index < -0.39 is 0 Å². The minimum absolute atomic E-state index is 0.0999. The number of nitrogens with zero attached hydrogens (tertiary/aromatic N) is 2. The zero-order valence-corrected chi connectivity index (χ0v) is 23.5. The molecule has 1 aromatic carbocycles. The van der Waals surface area contributed by atoms with Crippen molar-refractivity contribution in [3.63, 3.8) is 0 Å². The van der Waals surface area contributed by atoms with Gasteiger partial charge >= 0.3 is 0 Å². The molecule has 36 heavy (non-hydrogen) atoms. The van der Waals surface area contributed by atoms with Gasteiger partial charge in [0.05, 0.1) is 10.4 Å². The Morgan fingerprint density at radius 3 is 2.50 bits per heavy atom. The maximum absolute atomic E-state index is 13.0. The molecule has 0 bridgehead atoms. The topological polar surface area (TPSA) is 33.2 Å². The van der Waals surface area contributed by atoms with E-state index in [4.69, 9.17) is 4.98 Å².